The van der Waals surface area contributed by atoms with E-state index in [4.69, 9.17) is 34.5 Å². The van der Waals surface area contributed by atoms with E-state index in [-0.39, 0.29) is 11.7 Å². The van der Waals surface area contributed by atoms with Crippen LogP contribution in [0.3, 0.4) is 0 Å². The Morgan fingerprint density at radius 2 is 0.810 bits per heavy atom. The molecule has 17 heteroatoms. The number of nitrogens with one attached hydrogen (secondary N) is 4. The first-order valence-corrected chi connectivity index (χ1v) is 19.9. The fourth-order valence-electron chi connectivity index (χ4n) is 4.54. The number of hydrogen-bond acceptors (Lipinski definition) is 12. The molecule has 0 saturated carbocycles. The van der Waals surface area contributed by atoms with Crippen LogP contribution in [0.2, 0.25) is 0 Å². The molecule has 63 heavy (non-hydrogen) atoms. The highest BCUT2D eigenvalue weighted by molar-refractivity contribution is 6.06. The monoisotopic (exact) mass is 871 g/mol. The number of guanidine groups is 1. The smallest absolute Gasteiger partial charge is 0.437 e. The lowest BCUT2D eigenvalue weighted by Gasteiger charge is -2.32. The number of amidine groups is 2. The van der Waals surface area contributed by atoms with Crippen molar-refractivity contribution in [2.75, 3.05) is 13.1 Å². The minimum Gasteiger partial charge on any atom is -0.444 e. The van der Waals surface area contributed by atoms with Gasteiger partial charge in [0, 0.05) is 22.3 Å². The van der Waals surface area contributed by atoms with Crippen molar-refractivity contribution in [3.05, 3.63) is 70.8 Å². The number of carbonyl (C=O) groups excluding carboxylic acids is 5. The molecule has 2 aromatic rings. The van der Waals surface area contributed by atoms with E-state index in [1.807, 2.05) is 0 Å². The highest BCUT2D eigenvalue weighted by Gasteiger charge is 2.35. The molecule has 0 aliphatic rings. The summed E-state index contributed by atoms with van der Waals surface area (Å²) in [5, 5.41) is 21.3. The van der Waals surface area contributed by atoms with Gasteiger partial charge >= 0.3 is 30.5 Å². The third-order valence-corrected chi connectivity index (χ3v) is 6.83. The van der Waals surface area contributed by atoms with Crippen molar-refractivity contribution in [3.8, 4) is 23.7 Å². The van der Waals surface area contributed by atoms with Gasteiger partial charge in [-0.05, 0) is 128 Å². The zero-order valence-electron chi connectivity index (χ0n) is 39.0. The summed E-state index contributed by atoms with van der Waals surface area (Å²) in [6.07, 6.45) is -4.74. The summed E-state index contributed by atoms with van der Waals surface area (Å²) < 4.78 is 27.3. The van der Waals surface area contributed by atoms with Gasteiger partial charge in [0.05, 0.1) is 13.1 Å². The van der Waals surface area contributed by atoms with Crippen LogP contribution in [0, 0.1) is 34.5 Å². The van der Waals surface area contributed by atoms with Crippen molar-refractivity contribution in [2.24, 2.45) is 4.99 Å². The molecule has 0 heterocycles. The maximum atomic E-state index is 14.0. The van der Waals surface area contributed by atoms with Crippen LogP contribution >= 0.6 is 0 Å². The number of alkyl carbamates (subject to hydrolysis) is 2. The second kappa shape index (κ2) is 21.3. The van der Waals surface area contributed by atoms with Crippen molar-refractivity contribution in [1.29, 1.82) is 10.8 Å². The quantitative estimate of drug-likeness (QED) is 0.0992. The molecule has 4 N–H and O–H groups in total. The van der Waals surface area contributed by atoms with E-state index in [1.54, 1.807) is 152 Å². The summed E-state index contributed by atoms with van der Waals surface area (Å²) in [6.45, 7) is 24.0. The maximum Gasteiger partial charge on any atom is 0.437 e. The van der Waals surface area contributed by atoms with Gasteiger partial charge in [-0.3, -0.25) is 21.5 Å². The fourth-order valence-corrected chi connectivity index (χ4v) is 4.54. The number of amides is 5. The largest absolute Gasteiger partial charge is 0.444 e. The number of benzene rings is 2. The van der Waals surface area contributed by atoms with E-state index < -0.39 is 77.5 Å². The van der Waals surface area contributed by atoms with Gasteiger partial charge in [-0.15, -0.1) is 4.99 Å². The number of rotatable bonds is 4. The first-order chi connectivity index (χ1) is 28.7. The molecular formula is C46H61N7O10. The van der Waals surface area contributed by atoms with Crippen LogP contribution in [-0.4, -0.2) is 99.0 Å². The molecule has 0 radical (unpaired) electrons. The van der Waals surface area contributed by atoms with Gasteiger partial charge in [0.25, 0.3) is 0 Å². The summed E-state index contributed by atoms with van der Waals surface area (Å²) in [4.78, 5) is 71.6. The van der Waals surface area contributed by atoms with Gasteiger partial charge in [-0.1, -0.05) is 47.9 Å². The molecule has 0 unspecified atom stereocenters. The summed E-state index contributed by atoms with van der Waals surface area (Å²) in [5.74, 6) is 10.6. The molecule has 0 aliphatic heterocycles. The first-order valence-electron chi connectivity index (χ1n) is 19.9. The van der Waals surface area contributed by atoms with E-state index in [9.17, 15) is 24.0 Å². The predicted molar refractivity (Wildman–Crippen MR) is 239 cm³/mol. The van der Waals surface area contributed by atoms with Gasteiger partial charge in [-0.25, -0.2) is 33.8 Å². The topological polar surface area (TPSA) is 222 Å². The standard InChI is InChI=1S/C46H61N7O10/c1-42(2,3)59-37(54)49-34(47)32-24-20-30(21-25-32)18-16-28-52(40(57)62-45(10,11)12)36(51-39(56)61-44(7,8)9)53(41(58)63-46(13,14)15)29-17-19-31-22-26-33(27-23-31)35(48)50-38(55)60-43(4,5)6/h20-27H,28-29H2,1-15H3,(H2,47,49,54)(H2,48,50,55). The summed E-state index contributed by atoms with van der Waals surface area (Å²) >= 11 is 0. The lowest BCUT2D eigenvalue weighted by atomic mass is 10.1. The normalized spacial score (nSPS) is 11.4. The third-order valence-electron chi connectivity index (χ3n) is 6.83. The molecule has 0 spiro atoms. The second-order valence-corrected chi connectivity index (χ2v) is 18.8. The molecule has 2 rings (SSSR count). The Morgan fingerprint density at radius 3 is 1.10 bits per heavy atom. The molecule has 0 bridgehead atoms. The summed E-state index contributed by atoms with van der Waals surface area (Å²) in [7, 11) is 0. The molecule has 0 atom stereocenters. The zero-order valence-corrected chi connectivity index (χ0v) is 39.0. The van der Waals surface area contributed by atoms with E-state index >= 15 is 0 Å². The maximum absolute atomic E-state index is 14.0. The van der Waals surface area contributed by atoms with Crippen LogP contribution in [0.25, 0.3) is 0 Å². The molecular weight excluding hydrogens is 811 g/mol. The Morgan fingerprint density at radius 1 is 0.508 bits per heavy atom. The first kappa shape index (κ1) is 52.3. The average molecular weight is 872 g/mol. The molecule has 0 saturated heterocycles. The molecule has 0 aliphatic carbocycles. The highest BCUT2D eigenvalue weighted by atomic mass is 16.6. The Balaban J connectivity index is 2.63. The van der Waals surface area contributed by atoms with Gasteiger partial charge in [-0.2, -0.15) is 0 Å². The van der Waals surface area contributed by atoms with Gasteiger partial charge < -0.3 is 23.7 Å². The van der Waals surface area contributed by atoms with E-state index in [1.165, 1.54) is 0 Å². The number of hydrogen-bond donors (Lipinski definition) is 4. The summed E-state index contributed by atoms with van der Waals surface area (Å²) in [6, 6.07) is 12.6. The molecule has 340 valence electrons. The SMILES string of the molecule is CC(C)(C)OC(=O)N=C(N(CC#Cc1ccc(C(=N)NC(=O)OC(C)(C)C)cc1)C(=O)OC(C)(C)C)N(CC#Cc1ccc(C(=N)NC(=O)OC(C)(C)C)cc1)C(=O)OC(C)(C)C. The fraction of sp³-hybridized carbons (Fsp3) is 0.478. The molecule has 17 nitrogen and oxygen atoms in total. The van der Waals surface area contributed by atoms with Crippen LogP contribution in [0.4, 0.5) is 24.0 Å². The summed E-state index contributed by atoms with van der Waals surface area (Å²) in [5.41, 5.74) is -2.97. The molecule has 0 aromatic heterocycles. The van der Waals surface area contributed by atoms with E-state index in [0.717, 1.165) is 9.80 Å². The zero-order chi connectivity index (χ0) is 48.1. The number of carbonyl (C=O) groups is 5. The lowest BCUT2D eigenvalue weighted by molar-refractivity contribution is 0.0297. The van der Waals surface area contributed by atoms with Crippen molar-refractivity contribution in [3.63, 3.8) is 0 Å². The number of nitrogens with zero attached hydrogens (tertiary/aromatic N) is 3. The van der Waals surface area contributed by atoms with Crippen LogP contribution in [0.1, 0.15) is 126 Å². The Hall–Kier alpha value is -6.88. The van der Waals surface area contributed by atoms with Crippen LogP contribution < -0.4 is 10.6 Å². The van der Waals surface area contributed by atoms with Crippen molar-refractivity contribution < 1.29 is 47.7 Å². The highest BCUT2D eigenvalue weighted by Crippen LogP contribution is 2.18. The van der Waals surface area contributed by atoms with Gasteiger partial charge in [0.15, 0.2) is 0 Å². The Kier molecular flexibility index (Phi) is 17.6. The lowest BCUT2D eigenvalue weighted by Crippen LogP contribution is -2.52. The number of aliphatic imine (C=N–C) groups is 1. The van der Waals surface area contributed by atoms with Crippen molar-refractivity contribution >= 4 is 48.1 Å². The van der Waals surface area contributed by atoms with Crippen LogP contribution in [0.5, 0.6) is 0 Å². The Bertz CT molecular complexity index is 2040. The second-order valence-electron chi connectivity index (χ2n) is 18.8. The molecule has 0 fully saturated rings. The van der Waals surface area contributed by atoms with E-state index in [0.29, 0.717) is 22.3 Å². The third kappa shape index (κ3) is 21.0. The van der Waals surface area contributed by atoms with Crippen molar-refractivity contribution in [2.45, 2.75) is 132 Å². The van der Waals surface area contributed by atoms with Crippen molar-refractivity contribution in [1.82, 2.24) is 20.4 Å². The number of ether oxygens (including phenoxy) is 5. The van der Waals surface area contributed by atoms with E-state index in [2.05, 4.69) is 39.3 Å². The molecule has 5 amide bonds. The van der Waals surface area contributed by atoms with Crippen LogP contribution in [-0.2, 0) is 23.7 Å². The Labute approximate surface area is 370 Å². The molecule has 2 aromatic carbocycles. The minimum absolute atomic E-state index is 0.196. The van der Waals surface area contributed by atoms with Gasteiger partial charge in [0.2, 0.25) is 5.96 Å². The average Bonchev–Trinajstić information content (AvgIpc) is 3.07. The van der Waals surface area contributed by atoms with Crippen LogP contribution in [0.15, 0.2) is 53.5 Å². The minimum atomic E-state index is -1.14. The van der Waals surface area contributed by atoms with Gasteiger partial charge in [0.1, 0.15) is 39.7 Å². The predicted octanol–water partition coefficient (Wildman–Crippen LogP) is 8.56.